The van der Waals surface area contributed by atoms with Crippen molar-refractivity contribution < 1.29 is 5.11 Å². The van der Waals surface area contributed by atoms with E-state index in [1.165, 1.54) is 0 Å². The number of benzene rings is 1. The normalized spacial score (nSPS) is 13.1. The molecule has 0 amide bonds. The van der Waals surface area contributed by atoms with Crippen molar-refractivity contribution in [2.24, 2.45) is 5.73 Å². The van der Waals surface area contributed by atoms with Gasteiger partial charge < -0.3 is 10.8 Å². The van der Waals surface area contributed by atoms with E-state index in [0.29, 0.717) is 6.54 Å². The molecule has 0 radical (unpaired) electrons. The fourth-order valence-corrected chi connectivity index (χ4v) is 1.53. The number of halogens is 1. The average Bonchev–Trinajstić information content (AvgIpc) is 2.23. The van der Waals surface area contributed by atoms with Gasteiger partial charge in [0, 0.05) is 24.2 Å². The average molecular weight is 229 g/mol. The van der Waals surface area contributed by atoms with Crippen LogP contribution in [0.15, 0.2) is 24.3 Å². The Bertz CT molecular complexity index is 285. The van der Waals surface area contributed by atoms with E-state index >= 15 is 0 Å². The number of aliphatic hydroxyl groups excluding tert-OH is 1. The molecule has 84 valence electrons. The first-order valence-corrected chi connectivity index (χ1v) is 5.30. The van der Waals surface area contributed by atoms with Crippen molar-refractivity contribution >= 4 is 11.6 Å². The first-order valence-electron chi connectivity index (χ1n) is 4.93. The summed E-state index contributed by atoms with van der Waals surface area (Å²) < 4.78 is 0. The summed E-state index contributed by atoms with van der Waals surface area (Å²) in [6, 6.07) is 7.69. The van der Waals surface area contributed by atoms with Crippen LogP contribution in [-0.2, 0) is 6.54 Å². The molecule has 1 atom stereocenters. The van der Waals surface area contributed by atoms with Gasteiger partial charge in [0.25, 0.3) is 0 Å². The van der Waals surface area contributed by atoms with Crippen molar-refractivity contribution in [3.63, 3.8) is 0 Å². The predicted molar refractivity (Wildman–Crippen MR) is 62.8 cm³/mol. The van der Waals surface area contributed by atoms with E-state index in [4.69, 9.17) is 22.4 Å². The van der Waals surface area contributed by atoms with Crippen molar-refractivity contribution in [1.82, 2.24) is 4.90 Å². The van der Waals surface area contributed by atoms with Crippen molar-refractivity contribution in [2.45, 2.75) is 12.6 Å². The molecule has 0 saturated heterocycles. The second kappa shape index (κ2) is 6.08. The van der Waals surface area contributed by atoms with Crippen molar-refractivity contribution in [2.75, 3.05) is 20.2 Å². The lowest BCUT2D eigenvalue weighted by molar-refractivity contribution is 0.146. The lowest BCUT2D eigenvalue weighted by Crippen LogP contribution is -2.40. The largest absolute Gasteiger partial charge is 0.395 e. The van der Waals surface area contributed by atoms with Gasteiger partial charge in [-0.15, -0.1) is 0 Å². The van der Waals surface area contributed by atoms with Gasteiger partial charge in [-0.1, -0.05) is 23.7 Å². The topological polar surface area (TPSA) is 49.5 Å². The van der Waals surface area contributed by atoms with Gasteiger partial charge in [0.05, 0.1) is 6.61 Å². The van der Waals surface area contributed by atoms with Crippen LogP contribution in [0.25, 0.3) is 0 Å². The van der Waals surface area contributed by atoms with E-state index in [-0.39, 0.29) is 12.6 Å². The molecule has 0 aliphatic carbocycles. The fourth-order valence-electron chi connectivity index (χ4n) is 1.40. The Hall–Kier alpha value is -0.610. The second-order valence-corrected chi connectivity index (χ2v) is 4.05. The van der Waals surface area contributed by atoms with Gasteiger partial charge in [-0.05, 0) is 24.7 Å². The molecule has 0 aromatic heterocycles. The SMILES string of the molecule is CN(Cc1ccc(Cl)cc1)C(CN)CO. The lowest BCUT2D eigenvalue weighted by Gasteiger charge is -2.25. The highest BCUT2D eigenvalue weighted by Crippen LogP contribution is 2.11. The molecule has 0 saturated carbocycles. The van der Waals surface area contributed by atoms with Crippen LogP contribution in [0.2, 0.25) is 5.02 Å². The molecule has 0 aliphatic heterocycles. The molecule has 1 unspecified atom stereocenters. The number of nitrogens with two attached hydrogens (primary N) is 1. The molecule has 15 heavy (non-hydrogen) atoms. The molecule has 1 aromatic rings. The van der Waals surface area contributed by atoms with E-state index in [0.717, 1.165) is 17.1 Å². The molecular weight excluding hydrogens is 212 g/mol. The summed E-state index contributed by atoms with van der Waals surface area (Å²) in [5.41, 5.74) is 6.70. The van der Waals surface area contributed by atoms with Crippen LogP contribution in [0.3, 0.4) is 0 Å². The molecule has 1 rings (SSSR count). The molecular formula is C11H17ClN2O. The number of likely N-dealkylation sites (N-methyl/N-ethyl adjacent to an activating group) is 1. The van der Waals surface area contributed by atoms with Gasteiger partial charge in [-0.2, -0.15) is 0 Å². The van der Waals surface area contributed by atoms with Gasteiger partial charge in [-0.3, -0.25) is 4.90 Å². The van der Waals surface area contributed by atoms with E-state index in [9.17, 15) is 0 Å². The minimum Gasteiger partial charge on any atom is -0.395 e. The number of hydrogen-bond acceptors (Lipinski definition) is 3. The standard InChI is InChI=1S/C11H17ClN2O/c1-14(11(6-13)8-15)7-9-2-4-10(12)5-3-9/h2-5,11,15H,6-8,13H2,1H3. The van der Waals surface area contributed by atoms with Crippen LogP contribution in [0.5, 0.6) is 0 Å². The monoisotopic (exact) mass is 228 g/mol. The van der Waals surface area contributed by atoms with E-state index in [1.54, 1.807) is 0 Å². The molecule has 0 bridgehead atoms. The molecule has 0 fully saturated rings. The zero-order chi connectivity index (χ0) is 11.3. The van der Waals surface area contributed by atoms with Crippen molar-refractivity contribution in [1.29, 1.82) is 0 Å². The third-order valence-corrected chi connectivity index (χ3v) is 2.70. The Kier molecular flexibility index (Phi) is 5.05. The summed E-state index contributed by atoms with van der Waals surface area (Å²) in [7, 11) is 1.95. The summed E-state index contributed by atoms with van der Waals surface area (Å²) in [6.45, 7) is 1.31. The van der Waals surface area contributed by atoms with E-state index < -0.39 is 0 Å². The predicted octanol–water partition coefficient (Wildman–Crippen LogP) is 1.09. The van der Waals surface area contributed by atoms with E-state index in [2.05, 4.69) is 0 Å². The Morgan fingerprint density at radius 1 is 1.40 bits per heavy atom. The highest BCUT2D eigenvalue weighted by atomic mass is 35.5. The third-order valence-electron chi connectivity index (χ3n) is 2.45. The zero-order valence-electron chi connectivity index (χ0n) is 8.86. The third kappa shape index (κ3) is 3.80. The van der Waals surface area contributed by atoms with Crippen molar-refractivity contribution in [3.8, 4) is 0 Å². The minimum absolute atomic E-state index is 0.0145. The maximum Gasteiger partial charge on any atom is 0.0599 e. The van der Waals surface area contributed by atoms with Gasteiger partial charge in [0.2, 0.25) is 0 Å². The maximum absolute atomic E-state index is 9.08. The van der Waals surface area contributed by atoms with Crippen LogP contribution in [0.4, 0.5) is 0 Å². The first kappa shape index (κ1) is 12.5. The van der Waals surface area contributed by atoms with Gasteiger partial charge in [-0.25, -0.2) is 0 Å². The molecule has 0 heterocycles. The van der Waals surface area contributed by atoms with Crippen molar-refractivity contribution in [3.05, 3.63) is 34.9 Å². The molecule has 3 nitrogen and oxygen atoms in total. The highest BCUT2D eigenvalue weighted by molar-refractivity contribution is 6.30. The maximum atomic E-state index is 9.08. The quantitative estimate of drug-likeness (QED) is 0.794. The minimum atomic E-state index is 0.0145. The molecule has 3 N–H and O–H groups in total. The number of hydrogen-bond donors (Lipinski definition) is 2. The van der Waals surface area contributed by atoms with Gasteiger partial charge >= 0.3 is 0 Å². The number of nitrogens with zero attached hydrogens (tertiary/aromatic N) is 1. The van der Waals surface area contributed by atoms with Crippen LogP contribution in [0, 0.1) is 0 Å². The summed E-state index contributed by atoms with van der Waals surface area (Å²) in [6.07, 6.45) is 0. The first-order chi connectivity index (χ1) is 7.17. The van der Waals surface area contributed by atoms with Crippen LogP contribution >= 0.6 is 11.6 Å². The zero-order valence-corrected chi connectivity index (χ0v) is 9.61. The lowest BCUT2D eigenvalue weighted by atomic mass is 10.2. The summed E-state index contributed by atoms with van der Waals surface area (Å²) in [4.78, 5) is 2.03. The Morgan fingerprint density at radius 3 is 2.47 bits per heavy atom. The summed E-state index contributed by atoms with van der Waals surface area (Å²) in [5.74, 6) is 0. The molecule has 0 aliphatic rings. The van der Waals surface area contributed by atoms with Gasteiger partial charge in [0.15, 0.2) is 0 Å². The van der Waals surface area contributed by atoms with Crippen LogP contribution in [0.1, 0.15) is 5.56 Å². The Morgan fingerprint density at radius 2 is 2.00 bits per heavy atom. The van der Waals surface area contributed by atoms with E-state index in [1.807, 2.05) is 36.2 Å². The fraction of sp³-hybridized carbons (Fsp3) is 0.455. The second-order valence-electron chi connectivity index (χ2n) is 3.61. The molecule has 4 heteroatoms. The Balaban J connectivity index is 2.57. The van der Waals surface area contributed by atoms with Crippen LogP contribution < -0.4 is 5.73 Å². The summed E-state index contributed by atoms with van der Waals surface area (Å²) in [5, 5.41) is 9.81. The smallest absolute Gasteiger partial charge is 0.0599 e. The summed E-state index contributed by atoms with van der Waals surface area (Å²) >= 11 is 5.79. The molecule has 0 spiro atoms. The Labute approximate surface area is 95.5 Å². The number of aliphatic hydroxyl groups is 1. The van der Waals surface area contributed by atoms with Crippen LogP contribution in [-0.4, -0.2) is 36.2 Å². The number of rotatable bonds is 5. The molecule has 1 aromatic carbocycles. The highest BCUT2D eigenvalue weighted by Gasteiger charge is 2.11. The van der Waals surface area contributed by atoms with Gasteiger partial charge in [0.1, 0.15) is 0 Å².